The molecule has 0 atom stereocenters. The largest absolute Gasteiger partial charge is 0.485 e. The molecule has 0 fully saturated rings. The Labute approximate surface area is 116 Å². The van der Waals surface area contributed by atoms with E-state index in [9.17, 15) is 4.39 Å². The highest BCUT2D eigenvalue weighted by Crippen LogP contribution is 2.20. The van der Waals surface area contributed by atoms with Crippen molar-refractivity contribution in [3.05, 3.63) is 59.2 Å². The Hall–Kier alpha value is -2.36. The van der Waals surface area contributed by atoms with Gasteiger partial charge in [-0.2, -0.15) is 0 Å². The number of halogens is 1. The Morgan fingerprint density at radius 3 is 2.85 bits per heavy atom. The molecule has 20 heavy (non-hydrogen) atoms. The second-order valence-corrected chi connectivity index (χ2v) is 4.90. The second kappa shape index (κ2) is 4.96. The minimum Gasteiger partial charge on any atom is -0.485 e. The smallest absolute Gasteiger partial charge is 0.146 e. The van der Waals surface area contributed by atoms with Crippen LogP contribution in [0.5, 0.6) is 5.75 Å². The molecule has 0 amide bonds. The summed E-state index contributed by atoms with van der Waals surface area (Å²) in [5.74, 6) is 1.26. The van der Waals surface area contributed by atoms with Gasteiger partial charge in [-0.25, -0.2) is 9.37 Å². The van der Waals surface area contributed by atoms with Gasteiger partial charge >= 0.3 is 0 Å². The summed E-state index contributed by atoms with van der Waals surface area (Å²) >= 11 is 0. The lowest BCUT2D eigenvalue weighted by Gasteiger charge is -2.08. The number of rotatable bonds is 3. The molecule has 0 aliphatic rings. The van der Waals surface area contributed by atoms with Crippen LogP contribution in [0.25, 0.3) is 11.0 Å². The fraction of sp³-hybridized carbons (Fsp3) is 0.188. The minimum absolute atomic E-state index is 0.275. The van der Waals surface area contributed by atoms with Crippen molar-refractivity contribution >= 4 is 11.0 Å². The number of aryl methyl sites for hydroxylation is 2. The van der Waals surface area contributed by atoms with Crippen molar-refractivity contribution in [3.63, 3.8) is 0 Å². The molecule has 0 bridgehead atoms. The zero-order valence-corrected chi connectivity index (χ0v) is 11.4. The summed E-state index contributed by atoms with van der Waals surface area (Å²) in [5.41, 5.74) is 3.66. The lowest BCUT2D eigenvalue weighted by Crippen LogP contribution is -1.99. The minimum atomic E-state index is -0.275. The van der Waals surface area contributed by atoms with E-state index in [0.29, 0.717) is 17.9 Å². The van der Waals surface area contributed by atoms with E-state index in [1.807, 2.05) is 32.0 Å². The van der Waals surface area contributed by atoms with Crippen molar-refractivity contribution in [3.8, 4) is 5.75 Å². The summed E-state index contributed by atoms with van der Waals surface area (Å²) in [7, 11) is 0. The number of H-pyrrole nitrogens is 1. The summed E-state index contributed by atoms with van der Waals surface area (Å²) < 4.78 is 18.9. The highest BCUT2D eigenvalue weighted by molar-refractivity contribution is 5.74. The van der Waals surface area contributed by atoms with Crippen molar-refractivity contribution in [2.75, 3.05) is 0 Å². The van der Waals surface area contributed by atoms with Gasteiger partial charge in [-0.3, -0.25) is 0 Å². The molecule has 3 aromatic rings. The number of hydrogen-bond acceptors (Lipinski definition) is 2. The highest BCUT2D eigenvalue weighted by atomic mass is 19.1. The molecule has 3 rings (SSSR count). The zero-order chi connectivity index (χ0) is 14.1. The number of imidazole rings is 1. The van der Waals surface area contributed by atoms with E-state index < -0.39 is 0 Å². The van der Waals surface area contributed by atoms with Crippen LogP contribution >= 0.6 is 0 Å². The standard InChI is InChI=1S/C16H15FN2O/c1-10-3-4-11(2)15(7-10)20-9-16-18-13-6-5-12(17)8-14(13)19-16/h3-8H,9H2,1-2H3,(H,18,19). The Balaban J connectivity index is 1.81. The number of nitrogens with zero attached hydrogens (tertiary/aromatic N) is 1. The molecule has 0 saturated carbocycles. The van der Waals surface area contributed by atoms with Crippen LogP contribution in [-0.2, 0) is 6.61 Å². The molecule has 1 N–H and O–H groups in total. The third-order valence-electron chi connectivity index (χ3n) is 3.20. The van der Waals surface area contributed by atoms with E-state index in [0.717, 1.165) is 22.4 Å². The van der Waals surface area contributed by atoms with Crippen LogP contribution in [0.2, 0.25) is 0 Å². The van der Waals surface area contributed by atoms with Crippen molar-refractivity contribution in [2.24, 2.45) is 0 Å². The SMILES string of the molecule is Cc1ccc(C)c(OCc2nc3ccc(F)cc3[nH]2)c1. The Morgan fingerprint density at radius 2 is 2.00 bits per heavy atom. The van der Waals surface area contributed by atoms with Gasteiger partial charge in [-0.1, -0.05) is 12.1 Å². The normalized spacial score (nSPS) is 10.9. The van der Waals surface area contributed by atoms with E-state index >= 15 is 0 Å². The lowest BCUT2D eigenvalue weighted by atomic mass is 10.1. The monoisotopic (exact) mass is 270 g/mol. The molecule has 0 saturated heterocycles. The lowest BCUT2D eigenvalue weighted by molar-refractivity contribution is 0.295. The Morgan fingerprint density at radius 1 is 1.15 bits per heavy atom. The first-order valence-corrected chi connectivity index (χ1v) is 6.46. The number of fused-ring (bicyclic) bond motifs is 1. The topological polar surface area (TPSA) is 37.9 Å². The average Bonchev–Trinajstić information content (AvgIpc) is 2.81. The van der Waals surface area contributed by atoms with Crippen LogP contribution in [-0.4, -0.2) is 9.97 Å². The summed E-state index contributed by atoms with van der Waals surface area (Å²) in [6.45, 7) is 4.36. The molecule has 3 nitrogen and oxygen atoms in total. The van der Waals surface area contributed by atoms with Gasteiger partial charge in [0.2, 0.25) is 0 Å². The van der Waals surface area contributed by atoms with Gasteiger partial charge in [0.05, 0.1) is 11.0 Å². The van der Waals surface area contributed by atoms with E-state index in [-0.39, 0.29) is 5.82 Å². The molecule has 102 valence electrons. The molecule has 0 aliphatic carbocycles. The zero-order valence-electron chi connectivity index (χ0n) is 11.4. The summed E-state index contributed by atoms with van der Waals surface area (Å²) in [6, 6.07) is 10.6. The van der Waals surface area contributed by atoms with Gasteiger partial charge in [0.25, 0.3) is 0 Å². The van der Waals surface area contributed by atoms with Crippen LogP contribution in [0.15, 0.2) is 36.4 Å². The molecular formula is C16H15FN2O. The van der Waals surface area contributed by atoms with Gasteiger partial charge in [0, 0.05) is 0 Å². The third kappa shape index (κ3) is 2.50. The summed E-state index contributed by atoms with van der Waals surface area (Å²) in [5, 5.41) is 0. The summed E-state index contributed by atoms with van der Waals surface area (Å²) in [6.07, 6.45) is 0. The number of aromatic amines is 1. The number of nitrogens with one attached hydrogen (secondary N) is 1. The van der Waals surface area contributed by atoms with E-state index in [1.165, 1.54) is 12.1 Å². The van der Waals surface area contributed by atoms with Crippen molar-refractivity contribution < 1.29 is 9.13 Å². The number of hydrogen-bond donors (Lipinski definition) is 1. The van der Waals surface area contributed by atoms with Gasteiger partial charge in [-0.05, 0) is 49.2 Å². The summed E-state index contributed by atoms with van der Waals surface area (Å²) in [4.78, 5) is 7.44. The van der Waals surface area contributed by atoms with Crippen LogP contribution in [0.1, 0.15) is 17.0 Å². The number of aromatic nitrogens is 2. The molecule has 0 unspecified atom stereocenters. The maximum absolute atomic E-state index is 13.1. The quantitative estimate of drug-likeness (QED) is 0.783. The molecule has 0 aliphatic heterocycles. The van der Waals surface area contributed by atoms with Gasteiger partial charge in [-0.15, -0.1) is 0 Å². The first kappa shape index (κ1) is 12.7. The predicted molar refractivity (Wildman–Crippen MR) is 76.3 cm³/mol. The Bertz CT molecular complexity index is 764. The fourth-order valence-corrected chi connectivity index (χ4v) is 2.11. The predicted octanol–water partition coefficient (Wildman–Crippen LogP) is 3.90. The molecular weight excluding hydrogens is 255 g/mol. The van der Waals surface area contributed by atoms with Crippen LogP contribution in [0.4, 0.5) is 4.39 Å². The van der Waals surface area contributed by atoms with E-state index in [1.54, 1.807) is 6.07 Å². The van der Waals surface area contributed by atoms with Crippen molar-refractivity contribution in [1.29, 1.82) is 0 Å². The number of benzene rings is 2. The average molecular weight is 270 g/mol. The maximum atomic E-state index is 13.1. The van der Waals surface area contributed by atoms with Gasteiger partial charge in [0.15, 0.2) is 0 Å². The second-order valence-electron chi connectivity index (χ2n) is 4.90. The first-order valence-electron chi connectivity index (χ1n) is 6.46. The van der Waals surface area contributed by atoms with Crippen LogP contribution in [0.3, 0.4) is 0 Å². The molecule has 4 heteroatoms. The highest BCUT2D eigenvalue weighted by Gasteiger charge is 2.06. The van der Waals surface area contributed by atoms with Crippen molar-refractivity contribution in [2.45, 2.75) is 20.5 Å². The first-order chi connectivity index (χ1) is 9.61. The third-order valence-corrected chi connectivity index (χ3v) is 3.20. The van der Waals surface area contributed by atoms with Crippen molar-refractivity contribution in [1.82, 2.24) is 9.97 Å². The number of ether oxygens (including phenoxy) is 1. The molecule has 1 heterocycles. The van der Waals surface area contributed by atoms with Gasteiger partial charge in [0.1, 0.15) is 24.0 Å². The molecule has 2 aromatic carbocycles. The Kier molecular flexibility index (Phi) is 3.14. The van der Waals surface area contributed by atoms with Crippen LogP contribution < -0.4 is 4.74 Å². The molecule has 0 radical (unpaired) electrons. The van der Waals surface area contributed by atoms with Gasteiger partial charge < -0.3 is 9.72 Å². The molecule has 1 aromatic heterocycles. The van der Waals surface area contributed by atoms with Crippen LogP contribution in [0, 0.1) is 19.7 Å². The van der Waals surface area contributed by atoms with E-state index in [2.05, 4.69) is 9.97 Å². The van der Waals surface area contributed by atoms with E-state index in [4.69, 9.17) is 4.74 Å². The maximum Gasteiger partial charge on any atom is 0.146 e. The molecule has 0 spiro atoms. The fourth-order valence-electron chi connectivity index (χ4n) is 2.11.